The van der Waals surface area contributed by atoms with Gasteiger partial charge in [-0.2, -0.15) is 0 Å². The van der Waals surface area contributed by atoms with E-state index in [2.05, 4.69) is 45.1 Å². The Balaban J connectivity index is 1.69. The van der Waals surface area contributed by atoms with Gasteiger partial charge in [-0.05, 0) is 37.0 Å². The van der Waals surface area contributed by atoms with Crippen molar-refractivity contribution in [2.45, 2.75) is 49.0 Å². The number of nitrogens with zero attached hydrogens (tertiary/aromatic N) is 1. The number of hydrogen-bond acceptors (Lipinski definition) is 2. The van der Waals surface area contributed by atoms with Crippen molar-refractivity contribution in [2.75, 3.05) is 13.7 Å². The van der Waals surface area contributed by atoms with Gasteiger partial charge in [0, 0.05) is 23.5 Å². The van der Waals surface area contributed by atoms with E-state index in [1.807, 2.05) is 0 Å². The minimum atomic E-state index is 0.401. The van der Waals surface area contributed by atoms with Crippen molar-refractivity contribution in [2.24, 2.45) is 0 Å². The molecule has 104 valence electrons. The van der Waals surface area contributed by atoms with E-state index in [1.165, 1.54) is 44.2 Å². The Kier molecular flexibility index (Phi) is 3.86. The summed E-state index contributed by atoms with van der Waals surface area (Å²) in [6.07, 6.45) is 6.77. The molecule has 1 saturated heterocycles. The van der Waals surface area contributed by atoms with Gasteiger partial charge in [-0.25, -0.2) is 0 Å². The van der Waals surface area contributed by atoms with E-state index in [4.69, 9.17) is 4.74 Å². The SMILES string of the molecule is COc1ccc(CN2CC[C@@]3(Br)CCCC[C@@H]23)cc1. The Morgan fingerprint density at radius 1 is 1.26 bits per heavy atom. The molecule has 0 aromatic heterocycles. The summed E-state index contributed by atoms with van der Waals surface area (Å²) in [5.41, 5.74) is 1.39. The molecule has 2 fully saturated rings. The van der Waals surface area contributed by atoms with Crippen molar-refractivity contribution in [3.8, 4) is 5.75 Å². The Bertz CT molecular complexity index is 433. The molecule has 0 amide bonds. The lowest BCUT2D eigenvalue weighted by molar-refractivity contribution is 0.192. The highest BCUT2D eigenvalue weighted by Crippen LogP contribution is 2.46. The summed E-state index contributed by atoms with van der Waals surface area (Å²) in [5.74, 6) is 0.942. The largest absolute Gasteiger partial charge is 0.497 e. The van der Waals surface area contributed by atoms with Crippen molar-refractivity contribution in [1.82, 2.24) is 4.90 Å². The van der Waals surface area contributed by atoms with Gasteiger partial charge in [0.05, 0.1) is 7.11 Å². The number of ether oxygens (including phenoxy) is 1. The van der Waals surface area contributed by atoms with Crippen molar-refractivity contribution < 1.29 is 4.74 Å². The zero-order valence-corrected chi connectivity index (χ0v) is 13.2. The molecule has 0 N–H and O–H groups in total. The molecule has 2 atom stereocenters. The number of likely N-dealkylation sites (tertiary alicyclic amines) is 1. The van der Waals surface area contributed by atoms with E-state index in [-0.39, 0.29) is 0 Å². The summed E-state index contributed by atoms with van der Waals surface area (Å²) in [4.78, 5) is 2.66. The molecular weight excluding hydrogens is 302 g/mol. The minimum absolute atomic E-state index is 0.401. The Hall–Kier alpha value is -0.540. The van der Waals surface area contributed by atoms with Crippen LogP contribution in [0, 0.1) is 0 Å². The van der Waals surface area contributed by atoms with Crippen molar-refractivity contribution in [3.05, 3.63) is 29.8 Å². The number of hydrogen-bond donors (Lipinski definition) is 0. The molecule has 0 radical (unpaired) electrons. The van der Waals surface area contributed by atoms with Crippen molar-refractivity contribution in [3.63, 3.8) is 0 Å². The third-order valence-corrected chi connectivity index (χ3v) is 6.04. The van der Waals surface area contributed by atoms with Crippen LogP contribution in [0.1, 0.15) is 37.7 Å². The van der Waals surface area contributed by atoms with Crippen LogP contribution in [-0.2, 0) is 6.54 Å². The Morgan fingerprint density at radius 2 is 2.05 bits per heavy atom. The van der Waals surface area contributed by atoms with Crippen LogP contribution in [0.2, 0.25) is 0 Å². The van der Waals surface area contributed by atoms with Crippen LogP contribution in [-0.4, -0.2) is 28.9 Å². The maximum Gasteiger partial charge on any atom is 0.118 e. The monoisotopic (exact) mass is 323 g/mol. The first kappa shape index (κ1) is 13.4. The number of fused-ring (bicyclic) bond motifs is 1. The van der Waals surface area contributed by atoms with E-state index in [0.717, 1.165) is 18.3 Å². The molecule has 1 heterocycles. The number of halogens is 1. The molecule has 1 aliphatic heterocycles. The van der Waals surface area contributed by atoms with Gasteiger partial charge in [0.25, 0.3) is 0 Å². The summed E-state index contributed by atoms with van der Waals surface area (Å²) in [6.45, 7) is 2.30. The molecule has 0 spiro atoms. The van der Waals surface area contributed by atoms with Gasteiger partial charge in [0.2, 0.25) is 0 Å². The molecule has 3 heteroatoms. The van der Waals surface area contributed by atoms with Crippen LogP contribution < -0.4 is 4.74 Å². The van der Waals surface area contributed by atoms with Gasteiger partial charge < -0.3 is 4.74 Å². The van der Waals surface area contributed by atoms with E-state index in [0.29, 0.717) is 4.32 Å². The standard InChI is InChI=1S/C16H22BrNO/c1-19-14-7-5-13(6-8-14)12-18-11-10-16(17)9-3-2-4-15(16)18/h5-8,15H,2-4,9-12H2,1H3/t15-,16+/m1/s1. The van der Waals surface area contributed by atoms with E-state index < -0.39 is 0 Å². The van der Waals surface area contributed by atoms with Gasteiger partial charge in [0.1, 0.15) is 5.75 Å². The predicted molar refractivity (Wildman–Crippen MR) is 81.9 cm³/mol. The highest BCUT2D eigenvalue weighted by Gasteiger charge is 2.46. The lowest BCUT2D eigenvalue weighted by Gasteiger charge is -2.37. The Labute approximate surface area is 124 Å². The molecule has 1 saturated carbocycles. The molecule has 1 aliphatic carbocycles. The number of rotatable bonds is 3. The predicted octanol–water partition coefficient (Wildman–Crippen LogP) is 3.98. The smallest absolute Gasteiger partial charge is 0.118 e. The first-order valence-corrected chi connectivity index (χ1v) is 8.06. The quantitative estimate of drug-likeness (QED) is 0.780. The molecule has 1 aromatic carbocycles. The second-order valence-electron chi connectivity index (χ2n) is 5.86. The normalized spacial score (nSPS) is 31.2. The van der Waals surface area contributed by atoms with Gasteiger partial charge in [-0.15, -0.1) is 0 Å². The fourth-order valence-corrected chi connectivity index (χ4v) is 4.60. The van der Waals surface area contributed by atoms with Crippen LogP contribution in [0.4, 0.5) is 0 Å². The highest BCUT2D eigenvalue weighted by atomic mass is 79.9. The highest BCUT2D eigenvalue weighted by molar-refractivity contribution is 9.10. The molecule has 2 nitrogen and oxygen atoms in total. The molecule has 0 bridgehead atoms. The summed E-state index contributed by atoms with van der Waals surface area (Å²) in [5, 5.41) is 0. The summed E-state index contributed by atoms with van der Waals surface area (Å²) in [6, 6.07) is 9.23. The molecule has 0 unspecified atom stereocenters. The summed E-state index contributed by atoms with van der Waals surface area (Å²) < 4.78 is 5.62. The zero-order chi connectivity index (χ0) is 13.3. The van der Waals surface area contributed by atoms with Crippen LogP contribution in [0.3, 0.4) is 0 Å². The van der Waals surface area contributed by atoms with E-state index >= 15 is 0 Å². The average molecular weight is 324 g/mol. The van der Waals surface area contributed by atoms with Crippen LogP contribution in [0.25, 0.3) is 0 Å². The molecule has 1 aromatic rings. The van der Waals surface area contributed by atoms with Crippen LogP contribution in [0.15, 0.2) is 24.3 Å². The molecule has 19 heavy (non-hydrogen) atoms. The first-order valence-electron chi connectivity index (χ1n) is 7.27. The number of methoxy groups -OCH3 is 1. The van der Waals surface area contributed by atoms with E-state index in [9.17, 15) is 0 Å². The lowest BCUT2D eigenvalue weighted by Crippen LogP contribution is -2.42. The fourth-order valence-electron chi connectivity index (χ4n) is 3.62. The number of benzene rings is 1. The second-order valence-corrected chi connectivity index (χ2v) is 7.44. The van der Waals surface area contributed by atoms with Crippen molar-refractivity contribution in [1.29, 1.82) is 0 Å². The number of alkyl halides is 1. The second kappa shape index (κ2) is 5.45. The van der Waals surface area contributed by atoms with E-state index in [1.54, 1.807) is 7.11 Å². The van der Waals surface area contributed by atoms with Gasteiger partial charge in [-0.1, -0.05) is 40.9 Å². The average Bonchev–Trinajstić information content (AvgIpc) is 2.77. The molecule has 2 aliphatic rings. The maximum absolute atomic E-state index is 5.22. The maximum atomic E-state index is 5.22. The third-order valence-electron chi connectivity index (χ3n) is 4.72. The molecular formula is C16H22BrNO. The topological polar surface area (TPSA) is 12.5 Å². The fraction of sp³-hybridized carbons (Fsp3) is 0.625. The molecule has 3 rings (SSSR count). The zero-order valence-electron chi connectivity index (χ0n) is 11.6. The van der Waals surface area contributed by atoms with Gasteiger partial charge in [-0.3, -0.25) is 4.90 Å². The summed E-state index contributed by atoms with van der Waals surface area (Å²) >= 11 is 4.04. The third kappa shape index (κ3) is 2.68. The van der Waals surface area contributed by atoms with Crippen LogP contribution >= 0.6 is 15.9 Å². The lowest BCUT2D eigenvalue weighted by atomic mass is 9.85. The van der Waals surface area contributed by atoms with Gasteiger partial charge in [0.15, 0.2) is 0 Å². The van der Waals surface area contributed by atoms with Gasteiger partial charge >= 0.3 is 0 Å². The summed E-state index contributed by atoms with van der Waals surface area (Å²) in [7, 11) is 1.72. The van der Waals surface area contributed by atoms with Crippen LogP contribution in [0.5, 0.6) is 5.75 Å². The van der Waals surface area contributed by atoms with Crippen molar-refractivity contribution >= 4 is 15.9 Å². The Morgan fingerprint density at radius 3 is 2.79 bits per heavy atom. The minimum Gasteiger partial charge on any atom is -0.497 e. The first-order chi connectivity index (χ1) is 9.21.